The number of benzene rings is 2. The second-order valence-corrected chi connectivity index (χ2v) is 10.5. The zero-order valence-electron chi connectivity index (χ0n) is 20.0. The normalized spacial score (nSPS) is 11.1. The number of carbonyl (C=O) groups is 1. The second-order valence-electron chi connectivity index (χ2n) is 7.89. The molecular weight excluding hydrogens is 474 g/mol. The molecule has 1 aromatic heterocycles. The molecule has 0 aliphatic heterocycles. The molecule has 0 aliphatic rings. The number of aromatic nitrogens is 1. The Bertz CT molecular complexity index is 1020. The molecule has 0 aliphatic carbocycles. The lowest BCUT2D eigenvalue weighted by Gasteiger charge is -2.24. The third kappa shape index (κ3) is 7.60. The Labute approximate surface area is 211 Å². The van der Waals surface area contributed by atoms with Crippen LogP contribution in [-0.2, 0) is 11.2 Å². The molecule has 0 unspecified atom stereocenters. The van der Waals surface area contributed by atoms with E-state index in [0.717, 1.165) is 46.3 Å². The number of carbonyl (C=O) groups excluding carboxylic acids is 1. The number of ether oxygens (including phenoxy) is 1. The molecule has 3 aromatic rings. The zero-order valence-corrected chi connectivity index (χ0v) is 22.5. The molecule has 1 amide bonds. The van der Waals surface area contributed by atoms with Crippen molar-refractivity contribution in [2.75, 3.05) is 38.2 Å². The number of hydrogen-bond acceptors (Lipinski definition) is 6. The summed E-state index contributed by atoms with van der Waals surface area (Å²) in [5.41, 5.74) is 1.92. The van der Waals surface area contributed by atoms with Gasteiger partial charge < -0.3 is 9.64 Å². The maximum atomic E-state index is 13.4. The van der Waals surface area contributed by atoms with E-state index in [0.29, 0.717) is 18.2 Å². The molecule has 5 nitrogen and oxygen atoms in total. The van der Waals surface area contributed by atoms with Crippen LogP contribution in [0, 0.1) is 0 Å². The van der Waals surface area contributed by atoms with Crippen molar-refractivity contribution in [3.8, 4) is 5.75 Å². The van der Waals surface area contributed by atoms with Crippen LogP contribution >= 0.6 is 35.5 Å². The van der Waals surface area contributed by atoms with Crippen molar-refractivity contribution in [1.29, 1.82) is 0 Å². The fourth-order valence-electron chi connectivity index (χ4n) is 3.47. The molecule has 0 radical (unpaired) electrons. The molecule has 1 heterocycles. The molecule has 8 heteroatoms. The number of hydrogen-bond donors (Lipinski definition) is 0. The first-order chi connectivity index (χ1) is 15.4. The van der Waals surface area contributed by atoms with Crippen LogP contribution in [0.3, 0.4) is 0 Å². The SMILES string of the molecule is CCN(CC)CCN(C(=O)Cc1ccc(SC(C)C)cc1)c1nc2ccc(OC)cc2s1.Cl. The minimum atomic E-state index is 0. The van der Waals surface area contributed by atoms with Gasteiger partial charge in [0, 0.05) is 23.2 Å². The molecule has 0 fully saturated rings. The molecule has 2 aromatic carbocycles. The Balaban J connectivity index is 0.00000385. The van der Waals surface area contributed by atoms with Gasteiger partial charge in [-0.3, -0.25) is 9.69 Å². The van der Waals surface area contributed by atoms with Crippen molar-refractivity contribution in [3.63, 3.8) is 0 Å². The molecule has 0 N–H and O–H groups in total. The van der Waals surface area contributed by atoms with Crippen LogP contribution < -0.4 is 9.64 Å². The minimum absolute atomic E-state index is 0. The van der Waals surface area contributed by atoms with E-state index >= 15 is 0 Å². The van der Waals surface area contributed by atoms with Gasteiger partial charge in [-0.2, -0.15) is 0 Å². The first-order valence-electron chi connectivity index (χ1n) is 11.2. The van der Waals surface area contributed by atoms with E-state index in [2.05, 4.69) is 56.9 Å². The highest BCUT2D eigenvalue weighted by molar-refractivity contribution is 7.99. The molecule has 180 valence electrons. The number of rotatable bonds is 11. The third-order valence-corrected chi connectivity index (χ3v) is 7.36. The van der Waals surface area contributed by atoms with Gasteiger partial charge in [-0.25, -0.2) is 4.98 Å². The van der Waals surface area contributed by atoms with Gasteiger partial charge in [-0.05, 0) is 49.0 Å². The largest absolute Gasteiger partial charge is 0.497 e. The summed E-state index contributed by atoms with van der Waals surface area (Å²) < 4.78 is 6.37. The highest BCUT2D eigenvalue weighted by Gasteiger charge is 2.21. The van der Waals surface area contributed by atoms with Gasteiger partial charge >= 0.3 is 0 Å². The number of amides is 1. The third-order valence-electron chi connectivity index (χ3n) is 5.30. The van der Waals surface area contributed by atoms with E-state index in [1.54, 1.807) is 18.4 Å². The number of anilines is 1. The van der Waals surface area contributed by atoms with Gasteiger partial charge in [0.15, 0.2) is 5.13 Å². The van der Waals surface area contributed by atoms with Gasteiger partial charge in [0.1, 0.15) is 5.75 Å². The van der Waals surface area contributed by atoms with Crippen molar-refractivity contribution < 1.29 is 9.53 Å². The van der Waals surface area contributed by atoms with E-state index in [1.165, 1.54) is 4.90 Å². The van der Waals surface area contributed by atoms with E-state index in [9.17, 15) is 4.79 Å². The fraction of sp³-hybridized carbons (Fsp3) is 0.440. The first-order valence-corrected chi connectivity index (χ1v) is 12.9. The Morgan fingerprint density at radius 2 is 1.79 bits per heavy atom. The van der Waals surface area contributed by atoms with E-state index in [-0.39, 0.29) is 18.3 Å². The molecule has 0 atom stereocenters. The van der Waals surface area contributed by atoms with Crippen LogP contribution in [0.2, 0.25) is 0 Å². The van der Waals surface area contributed by atoms with Gasteiger partial charge in [-0.15, -0.1) is 24.2 Å². The van der Waals surface area contributed by atoms with Crippen LogP contribution in [-0.4, -0.2) is 54.3 Å². The van der Waals surface area contributed by atoms with Gasteiger partial charge in [0.25, 0.3) is 0 Å². The monoisotopic (exact) mass is 507 g/mol. The van der Waals surface area contributed by atoms with Crippen LogP contribution in [0.1, 0.15) is 33.3 Å². The summed E-state index contributed by atoms with van der Waals surface area (Å²) in [7, 11) is 1.66. The van der Waals surface area contributed by atoms with Gasteiger partial charge in [-0.1, -0.05) is 51.2 Å². The van der Waals surface area contributed by atoms with Crippen molar-refractivity contribution in [3.05, 3.63) is 48.0 Å². The number of methoxy groups -OCH3 is 1. The maximum Gasteiger partial charge on any atom is 0.233 e. The molecule has 3 rings (SSSR count). The van der Waals surface area contributed by atoms with Gasteiger partial charge in [0.05, 0.1) is 23.7 Å². The zero-order chi connectivity index (χ0) is 23.1. The lowest BCUT2D eigenvalue weighted by molar-refractivity contribution is -0.118. The average molecular weight is 508 g/mol. The fourth-order valence-corrected chi connectivity index (χ4v) is 5.35. The maximum absolute atomic E-state index is 13.4. The predicted molar refractivity (Wildman–Crippen MR) is 145 cm³/mol. The van der Waals surface area contributed by atoms with Crippen molar-refractivity contribution >= 4 is 56.8 Å². The molecule has 0 spiro atoms. The summed E-state index contributed by atoms with van der Waals surface area (Å²) >= 11 is 3.37. The molecule has 33 heavy (non-hydrogen) atoms. The van der Waals surface area contributed by atoms with Crippen LogP contribution in [0.15, 0.2) is 47.4 Å². The summed E-state index contributed by atoms with van der Waals surface area (Å²) in [5, 5.41) is 1.29. The number of halogens is 1. The molecule has 0 saturated carbocycles. The number of fused-ring (bicyclic) bond motifs is 1. The van der Waals surface area contributed by atoms with Crippen molar-refractivity contribution in [1.82, 2.24) is 9.88 Å². The van der Waals surface area contributed by atoms with Gasteiger partial charge in [0.2, 0.25) is 5.91 Å². The summed E-state index contributed by atoms with van der Waals surface area (Å²) in [6.07, 6.45) is 0.365. The van der Waals surface area contributed by atoms with E-state index in [4.69, 9.17) is 9.72 Å². The molecular formula is C25H34ClN3O2S2. The molecule has 0 bridgehead atoms. The highest BCUT2D eigenvalue weighted by Crippen LogP contribution is 2.32. The Kier molecular flexibility index (Phi) is 11.0. The van der Waals surface area contributed by atoms with Crippen LogP contribution in [0.4, 0.5) is 5.13 Å². The van der Waals surface area contributed by atoms with E-state index in [1.807, 2.05) is 34.9 Å². The standard InChI is InChI=1S/C25H33N3O2S2.ClH/c1-6-27(7-2)14-15-28(25-26-22-13-10-20(30-5)17-23(22)32-25)24(29)16-19-8-11-21(12-9-19)31-18(3)4;/h8-13,17-18H,6-7,14-16H2,1-5H3;1H. The van der Waals surface area contributed by atoms with E-state index < -0.39 is 0 Å². The number of nitrogens with zero attached hydrogens (tertiary/aromatic N) is 3. The highest BCUT2D eigenvalue weighted by atomic mass is 35.5. The Morgan fingerprint density at radius 1 is 1.09 bits per heavy atom. The number of thioether (sulfide) groups is 1. The van der Waals surface area contributed by atoms with Crippen LogP contribution in [0.25, 0.3) is 10.2 Å². The summed E-state index contributed by atoms with van der Waals surface area (Å²) in [6.45, 7) is 12.0. The lowest BCUT2D eigenvalue weighted by Crippen LogP contribution is -2.39. The Hall–Kier alpha value is -1.80. The first kappa shape index (κ1) is 27.4. The van der Waals surface area contributed by atoms with Crippen LogP contribution in [0.5, 0.6) is 5.75 Å². The minimum Gasteiger partial charge on any atom is -0.497 e. The average Bonchev–Trinajstić information content (AvgIpc) is 3.20. The van der Waals surface area contributed by atoms with Crippen molar-refractivity contribution in [2.24, 2.45) is 0 Å². The molecule has 0 saturated heterocycles. The summed E-state index contributed by atoms with van der Waals surface area (Å²) in [4.78, 5) is 23.6. The topological polar surface area (TPSA) is 45.7 Å². The number of thiazole rings is 1. The number of likely N-dealkylation sites (N-methyl/N-ethyl adjacent to an activating group) is 1. The quantitative estimate of drug-likeness (QED) is 0.291. The predicted octanol–water partition coefficient (Wildman–Crippen LogP) is 6.14. The smallest absolute Gasteiger partial charge is 0.233 e. The Morgan fingerprint density at radius 3 is 2.39 bits per heavy atom. The lowest BCUT2D eigenvalue weighted by atomic mass is 10.1. The summed E-state index contributed by atoms with van der Waals surface area (Å²) in [6, 6.07) is 14.2. The van der Waals surface area contributed by atoms with Crippen molar-refractivity contribution in [2.45, 2.75) is 44.3 Å². The summed E-state index contributed by atoms with van der Waals surface area (Å²) in [5.74, 6) is 0.875. The second kappa shape index (κ2) is 13.2.